The molecule has 0 fully saturated rings. The van der Waals surface area contributed by atoms with E-state index >= 15 is 0 Å². The Morgan fingerprint density at radius 1 is 0.533 bits per heavy atom. The fourth-order valence-electron chi connectivity index (χ4n) is 5.64. The van der Waals surface area contributed by atoms with Gasteiger partial charge in [0.25, 0.3) is 20.2 Å². The number of carboxylic acid groups (broad SMARTS) is 2. The van der Waals surface area contributed by atoms with Crippen LogP contribution in [0, 0.1) is 0 Å². The number of hydrogen-bond donors (Lipinski definition) is 8. The van der Waals surface area contributed by atoms with E-state index < -0.39 is 71.0 Å². The van der Waals surface area contributed by atoms with Gasteiger partial charge in [0.2, 0.25) is 11.6 Å². The highest BCUT2D eigenvalue weighted by atomic mass is 32.2. The van der Waals surface area contributed by atoms with Crippen molar-refractivity contribution >= 4 is 108 Å². The summed E-state index contributed by atoms with van der Waals surface area (Å²) in [5.74, 6) is -4.05. The number of benzene rings is 4. The molecule has 0 atom stereocenters. The summed E-state index contributed by atoms with van der Waals surface area (Å²) >= 11 is 0. The Morgan fingerprint density at radius 3 is 1.22 bits per heavy atom. The zero-order valence-electron chi connectivity index (χ0n) is 30.2. The SMILES string of the molecule is O=C(O)/C=C/c1ccc(N/N=C2\C(=O)c3ccc(NC(=O)Nc4ccc5c(c4)C=C(S(=O)(=O)O)/C(=N/Nc4ccc(/C=C/C(=O)O)cc4)C5=O)cc3C=C2S(=O)(=O)O)cc1. The Kier molecular flexibility index (Phi) is 11.8. The van der Waals surface area contributed by atoms with Gasteiger partial charge in [0.05, 0.1) is 11.4 Å². The van der Waals surface area contributed by atoms with Gasteiger partial charge in [-0.25, -0.2) is 14.4 Å². The van der Waals surface area contributed by atoms with Crippen LogP contribution in [-0.2, 0) is 29.8 Å². The van der Waals surface area contributed by atoms with Crippen LogP contribution in [0.15, 0.2) is 117 Å². The molecule has 6 rings (SSSR count). The van der Waals surface area contributed by atoms with E-state index in [2.05, 4.69) is 31.7 Å². The van der Waals surface area contributed by atoms with Crippen LogP contribution in [0.4, 0.5) is 27.5 Å². The summed E-state index contributed by atoms with van der Waals surface area (Å²) in [6, 6.07) is 19.0. The number of carbonyl (C=O) groups excluding carboxylic acids is 3. The third kappa shape index (κ3) is 9.99. The molecule has 0 heterocycles. The van der Waals surface area contributed by atoms with E-state index in [1.54, 1.807) is 0 Å². The van der Waals surface area contributed by atoms with E-state index in [1.165, 1.54) is 97.1 Å². The van der Waals surface area contributed by atoms with Crippen LogP contribution in [-0.4, -0.2) is 77.1 Å². The van der Waals surface area contributed by atoms with Crippen LogP contribution >= 0.6 is 0 Å². The van der Waals surface area contributed by atoms with Gasteiger partial charge in [-0.05, 0) is 107 Å². The van der Waals surface area contributed by atoms with Crippen LogP contribution in [0.1, 0.15) is 43.0 Å². The number of allylic oxidation sites excluding steroid dienone is 2. The van der Waals surface area contributed by atoms with Crippen molar-refractivity contribution in [1.82, 2.24) is 0 Å². The van der Waals surface area contributed by atoms with Crippen LogP contribution in [0.25, 0.3) is 24.3 Å². The number of hydrogen-bond acceptors (Lipinski definition) is 13. The third-order valence-electron chi connectivity index (χ3n) is 8.39. The van der Waals surface area contributed by atoms with Gasteiger partial charge in [-0.3, -0.25) is 29.5 Å². The molecule has 304 valence electrons. The molecule has 0 saturated carbocycles. The lowest BCUT2D eigenvalue weighted by Crippen LogP contribution is -2.27. The fraction of sp³-hybridized carbons (Fsp3) is 0. The number of fused-ring (bicyclic) bond motifs is 2. The molecule has 2 amide bonds. The fourth-order valence-corrected chi connectivity index (χ4v) is 6.96. The number of nitrogens with one attached hydrogen (secondary N) is 4. The van der Waals surface area contributed by atoms with Crippen molar-refractivity contribution < 1.29 is 60.1 Å². The highest BCUT2D eigenvalue weighted by Gasteiger charge is 2.34. The van der Waals surface area contributed by atoms with Gasteiger partial charge in [0.1, 0.15) is 9.81 Å². The molecule has 4 aromatic rings. The number of urea groups is 1. The summed E-state index contributed by atoms with van der Waals surface area (Å²) < 4.78 is 69.3. The van der Waals surface area contributed by atoms with Crippen molar-refractivity contribution in [2.75, 3.05) is 21.5 Å². The van der Waals surface area contributed by atoms with Gasteiger partial charge in [-0.15, -0.1) is 0 Å². The Hall–Kier alpha value is -7.85. The monoisotopic (exact) mass is 852 g/mol. The quantitative estimate of drug-likeness (QED) is 0.0509. The van der Waals surface area contributed by atoms with Crippen LogP contribution in [0.3, 0.4) is 0 Å². The van der Waals surface area contributed by atoms with Gasteiger partial charge < -0.3 is 20.8 Å². The number of rotatable bonds is 12. The van der Waals surface area contributed by atoms with Crippen molar-refractivity contribution in [2.24, 2.45) is 10.2 Å². The number of aliphatic carboxylic acids is 2. The summed E-state index contributed by atoms with van der Waals surface area (Å²) in [4.78, 5) is 59.7. The van der Waals surface area contributed by atoms with E-state index in [0.717, 1.165) is 24.3 Å². The van der Waals surface area contributed by atoms with Crippen molar-refractivity contribution in [3.8, 4) is 0 Å². The van der Waals surface area contributed by atoms with E-state index in [-0.39, 0.29) is 33.6 Å². The molecular weight excluding hydrogens is 825 g/mol. The number of carboxylic acids is 2. The van der Waals surface area contributed by atoms with E-state index in [4.69, 9.17) is 10.2 Å². The second-order valence-electron chi connectivity index (χ2n) is 12.5. The van der Waals surface area contributed by atoms with Gasteiger partial charge in [-0.1, -0.05) is 24.3 Å². The predicted molar refractivity (Wildman–Crippen MR) is 222 cm³/mol. The summed E-state index contributed by atoms with van der Waals surface area (Å²) in [5, 5.41) is 30.4. The Morgan fingerprint density at radius 2 is 0.883 bits per heavy atom. The van der Waals surface area contributed by atoms with Crippen LogP contribution in [0.2, 0.25) is 0 Å². The van der Waals surface area contributed by atoms with Gasteiger partial charge in [0.15, 0.2) is 11.4 Å². The molecule has 0 spiro atoms. The molecule has 21 heteroatoms. The van der Waals surface area contributed by atoms with Gasteiger partial charge in [0, 0.05) is 34.7 Å². The van der Waals surface area contributed by atoms with Gasteiger partial charge in [-0.2, -0.15) is 27.0 Å². The van der Waals surface area contributed by atoms with E-state index in [1.807, 2.05) is 0 Å². The first-order chi connectivity index (χ1) is 28.3. The number of Topliss-reactive ketones (excluding diaryl/α,β-unsaturated/α-hetero) is 2. The molecule has 2 aliphatic carbocycles. The molecule has 19 nitrogen and oxygen atoms in total. The maximum atomic E-state index is 13.4. The van der Waals surface area contributed by atoms with E-state index in [0.29, 0.717) is 22.5 Å². The number of ketones is 2. The maximum Gasteiger partial charge on any atom is 0.328 e. The third-order valence-corrected chi connectivity index (χ3v) is 10.1. The minimum atomic E-state index is -5.01. The zero-order valence-corrected chi connectivity index (χ0v) is 31.9. The molecular formula is C39H28N6O13S2. The lowest BCUT2D eigenvalue weighted by atomic mass is 9.94. The standard InChI is InChI=1S/C39H28N6O13S2/c46-33(47)15-5-21-1-7-25(8-2-21)42-44-35-31(59(53,54)55)19-23-17-27(11-13-29(23)37(35)50)40-39(52)41-28-12-14-30-24(18-28)20-32(60(56,57)58)36(38(30)51)45-43-26-9-3-22(4-10-26)6-16-34(48)49/h1-20,42-43H,(H,46,47)(H,48,49)(H2,40,41,52)(H,53,54,55)(H,56,57,58)/b15-5+,16-6+,44-35-,45-36-. The minimum absolute atomic E-state index is 0.00554. The van der Waals surface area contributed by atoms with Crippen LogP contribution in [0.5, 0.6) is 0 Å². The Labute approximate surface area is 339 Å². The average Bonchev–Trinajstić information content (AvgIpc) is 3.18. The first-order valence-corrected chi connectivity index (χ1v) is 19.8. The second-order valence-corrected chi connectivity index (χ2v) is 15.3. The zero-order chi connectivity index (χ0) is 43.4. The molecule has 8 N–H and O–H groups in total. The molecule has 0 saturated heterocycles. The normalized spacial score (nSPS) is 15.3. The van der Waals surface area contributed by atoms with Gasteiger partial charge >= 0.3 is 18.0 Å². The Balaban J connectivity index is 1.18. The van der Waals surface area contributed by atoms with Crippen molar-refractivity contribution in [3.63, 3.8) is 0 Å². The number of nitrogens with zero attached hydrogens (tertiary/aromatic N) is 2. The molecule has 60 heavy (non-hydrogen) atoms. The first-order valence-electron chi connectivity index (χ1n) is 16.9. The molecule has 2 aliphatic rings. The number of amides is 2. The molecule has 0 unspecified atom stereocenters. The molecule has 0 bridgehead atoms. The second kappa shape index (κ2) is 16.9. The average molecular weight is 853 g/mol. The number of carbonyl (C=O) groups is 5. The highest BCUT2D eigenvalue weighted by molar-refractivity contribution is 7.91. The maximum absolute atomic E-state index is 13.4. The van der Waals surface area contributed by atoms with Crippen molar-refractivity contribution in [3.05, 3.63) is 140 Å². The predicted octanol–water partition coefficient (Wildman–Crippen LogP) is 5.31. The summed E-state index contributed by atoms with van der Waals surface area (Å²) in [6.07, 6.45) is 6.53. The smallest absolute Gasteiger partial charge is 0.328 e. The summed E-state index contributed by atoms with van der Waals surface area (Å²) in [6.45, 7) is 0. The number of anilines is 4. The Bertz CT molecular complexity index is 2720. The molecule has 0 aliphatic heterocycles. The lowest BCUT2D eigenvalue weighted by molar-refractivity contribution is -0.132. The molecule has 0 radical (unpaired) electrons. The topological polar surface area (TPSA) is 307 Å². The lowest BCUT2D eigenvalue weighted by Gasteiger charge is -2.18. The van der Waals surface area contributed by atoms with E-state index in [9.17, 15) is 49.9 Å². The molecule has 0 aromatic heterocycles. The first kappa shape index (κ1) is 41.8. The molecule has 4 aromatic carbocycles. The summed E-state index contributed by atoms with van der Waals surface area (Å²) in [5.41, 5.74) is 5.59. The number of hydrazone groups is 2. The minimum Gasteiger partial charge on any atom is -0.478 e. The van der Waals surface area contributed by atoms with Crippen molar-refractivity contribution in [1.29, 1.82) is 0 Å². The largest absolute Gasteiger partial charge is 0.478 e. The van der Waals surface area contributed by atoms with Crippen LogP contribution < -0.4 is 21.5 Å². The summed E-state index contributed by atoms with van der Waals surface area (Å²) in [7, 11) is -10.0. The highest BCUT2D eigenvalue weighted by Crippen LogP contribution is 2.30. The van der Waals surface area contributed by atoms with Crippen molar-refractivity contribution in [2.45, 2.75) is 0 Å².